The zero-order valence-corrected chi connectivity index (χ0v) is 16.0. The van der Waals surface area contributed by atoms with Gasteiger partial charge in [-0.3, -0.25) is 4.79 Å². The van der Waals surface area contributed by atoms with Crippen molar-refractivity contribution in [3.05, 3.63) is 66.0 Å². The standard InChI is InChI=1S/C22H20F3N3O2/c23-22(24,25)30-17-10-7-15(8-11-17)9-12-20(29)28-13-3-4-16(14-28)21-26-18-5-1-2-6-19(18)27-21/h1-2,5-12,16H,3-4,13-14H2,(H,26,27)/b12-9+. The highest BCUT2D eigenvalue weighted by Crippen LogP contribution is 2.27. The van der Waals surface area contributed by atoms with E-state index in [1.165, 1.54) is 30.3 Å². The van der Waals surface area contributed by atoms with Crippen LogP contribution in [0.3, 0.4) is 0 Å². The number of likely N-dealkylation sites (tertiary alicyclic amines) is 1. The molecule has 5 nitrogen and oxygen atoms in total. The van der Waals surface area contributed by atoms with Crippen molar-refractivity contribution in [2.45, 2.75) is 25.1 Å². The van der Waals surface area contributed by atoms with Gasteiger partial charge in [-0.25, -0.2) is 4.98 Å². The van der Waals surface area contributed by atoms with Crippen LogP contribution in [0.4, 0.5) is 13.2 Å². The van der Waals surface area contributed by atoms with Crippen LogP contribution in [0.1, 0.15) is 30.1 Å². The first-order chi connectivity index (χ1) is 14.4. The minimum Gasteiger partial charge on any atom is -0.406 e. The molecule has 0 bridgehead atoms. The number of aromatic nitrogens is 2. The number of alkyl halides is 3. The molecule has 2 aromatic carbocycles. The molecule has 8 heteroatoms. The van der Waals surface area contributed by atoms with Gasteiger partial charge in [0.15, 0.2) is 0 Å². The van der Waals surface area contributed by atoms with E-state index in [1.807, 2.05) is 24.3 Å². The Labute approximate surface area is 171 Å². The summed E-state index contributed by atoms with van der Waals surface area (Å²) in [7, 11) is 0. The Balaban J connectivity index is 1.39. The zero-order chi connectivity index (χ0) is 21.1. The van der Waals surface area contributed by atoms with Gasteiger partial charge in [0, 0.05) is 25.1 Å². The molecule has 1 aromatic heterocycles. The number of piperidine rings is 1. The first kappa shape index (κ1) is 20.0. The minimum absolute atomic E-state index is 0.133. The SMILES string of the molecule is O=C(/C=C/c1ccc(OC(F)(F)F)cc1)N1CCCC(c2nc3ccccc3[nH]2)C1. The van der Waals surface area contributed by atoms with Crippen molar-refractivity contribution in [3.8, 4) is 5.75 Å². The number of carbonyl (C=O) groups is 1. The molecule has 0 aliphatic carbocycles. The number of imidazole rings is 1. The molecule has 1 fully saturated rings. The number of nitrogens with zero attached hydrogens (tertiary/aromatic N) is 2. The predicted molar refractivity (Wildman–Crippen MR) is 107 cm³/mol. The normalized spacial score (nSPS) is 17.6. The molecule has 156 valence electrons. The van der Waals surface area contributed by atoms with Gasteiger partial charge in [-0.1, -0.05) is 24.3 Å². The van der Waals surface area contributed by atoms with Crippen LogP contribution in [0.5, 0.6) is 5.75 Å². The Bertz CT molecular complexity index is 1020. The summed E-state index contributed by atoms with van der Waals surface area (Å²) in [5, 5.41) is 0. The highest BCUT2D eigenvalue weighted by Gasteiger charge is 2.31. The van der Waals surface area contributed by atoms with Crippen LogP contribution in [0.25, 0.3) is 17.1 Å². The van der Waals surface area contributed by atoms with Crippen molar-refractivity contribution in [3.63, 3.8) is 0 Å². The number of H-pyrrole nitrogens is 1. The topological polar surface area (TPSA) is 58.2 Å². The lowest BCUT2D eigenvalue weighted by Crippen LogP contribution is -2.38. The first-order valence-corrected chi connectivity index (χ1v) is 9.65. The van der Waals surface area contributed by atoms with Crippen molar-refractivity contribution >= 4 is 23.0 Å². The average Bonchev–Trinajstić information content (AvgIpc) is 3.16. The van der Waals surface area contributed by atoms with Gasteiger partial charge in [0.1, 0.15) is 11.6 Å². The number of rotatable bonds is 4. The van der Waals surface area contributed by atoms with Gasteiger partial charge in [0.05, 0.1) is 11.0 Å². The summed E-state index contributed by atoms with van der Waals surface area (Å²) in [6.07, 6.45) is 0.141. The van der Waals surface area contributed by atoms with Gasteiger partial charge >= 0.3 is 6.36 Å². The number of benzene rings is 2. The van der Waals surface area contributed by atoms with Gasteiger partial charge < -0.3 is 14.6 Å². The Hall–Kier alpha value is -3.29. The number of carbonyl (C=O) groups excluding carboxylic acids is 1. The van der Waals surface area contributed by atoms with E-state index < -0.39 is 6.36 Å². The van der Waals surface area contributed by atoms with Crippen molar-refractivity contribution in [2.24, 2.45) is 0 Å². The van der Waals surface area contributed by atoms with E-state index in [1.54, 1.807) is 11.0 Å². The van der Waals surface area contributed by atoms with Crippen LogP contribution in [0.2, 0.25) is 0 Å². The Kier molecular flexibility index (Phi) is 5.48. The molecule has 1 N–H and O–H groups in total. The number of hydrogen-bond donors (Lipinski definition) is 1. The molecule has 1 aliphatic rings. The van der Waals surface area contributed by atoms with Crippen molar-refractivity contribution in [1.29, 1.82) is 0 Å². The number of halogens is 3. The molecule has 1 aliphatic heterocycles. The lowest BCUT2D eigenvalue weighted by atomic mass is 9.97. The monoisotopic (exact) mass is 415 g/mol. The predicted octanol–water partition coefficient (Wildman–Crippen LogP) is 4.88. The van der Waals surface area contributed by atoms with Crippen molar-refractivity contribution in [1.82, 2.24) is 14.9 Å². The fraction of sp³-hybridized carbons (Fsp3) is 0.273. The summed E-state index contributed by atoms with van der Waals surface area (Å²) in [5.41, 5.74) is 2.51. The zero-order valence-electron chi connectivity index (χ0n) is 16.0. The summed E-state index contributed by atoms with van der Waals surface area (Å²) >= 11 is 0. The smallest absolute Gasteiger partial charge is 0.406 e. The van der Waals surface area contributed by atoms with Gasteiger partial charge in [-0.2, -0.15) is 0 Å². The van der Waals surface area contributed by atoms with Gasteiger partial charge in [-0.05, 0) is 48.7 Å². The van der Waals surface area contributed by atoms with Crippen LogP contribution >= 0.6 is 0 Å². The van der Waals surface area contributed by atoms with Crippen LogP contribution in [0.15, 0.2) is 54.6 Å². The van der Waals surface area contributed by atoms with E-state index in [2.05, 4.69) is 14.7 Å². The van der Waals surface area contributed by atoms with Crippen LogP contribution < -0.4 is 4.74 Å². The van der Waals surface area contributed by atoms with E-state index in [0.717, 1.165) is 29.7 Å². The van der Waals surface area contributed by atoms with Gasteiger partial charge in [0.25, 0.3) is 0 Å². The van der Waals surface area contributed by atoms with E-state index in [4.69, 9.17) is 0 Å². The molecule has 0 radical (unpaired) electrons. The van der Waals surface area contributed by atoms with E-state index in [9.17, 15) is 18.0 Å². The number of fused-ring (bicyclic) bond motifs is 1. The van der Waals surface area contributed by atoms with Crippen molar-refractivity contribution in [2.75, 3.05) is 13.1 Å². The number of amides is 1. The average molecular weight is 415 g/mol. The highest BCUT2D eigenvalue weighted by molar-refractivity contribution is 5.92. The first-order valence-electron chi connectivity index (χ1n) is 9.65. The molecular weight excluding hydrogens is 395 g/mol. The molecule has 2 heterocycles. The molecule has 1 saturated heterocycles. The maximum Gasteiger partial charge on any atom is 0.573 e. The second-order valence-corrected chi connectivity index (χ2v) is 7.21. The molecule has 0 saturated carbocycles. The van der Waals surface area contributed by atoms with Gasteiger partial charge in [-0.15, -0.1) is 13.2 Å². The lowest BCUT2D eigenvalue weighted by Gasteiger charge is -2.31. The molecule has 1 amide bonds. The summed E-state index contributed by atoms with van der Waals surface area (Å²) in [4.78, 5) is 22.4. The summed E-state index contributed by atoms with van der Waals surface area (Å²) in [6.45, 7) is 1.24. The number of hydrogen-bond acceptors (Lipinski definition) is 3. The Morgan fingerprint density at radius 2 is 1.93 bits per heavy atom. The number of nitrogens with one attached hydrogen (secondary N) is 1. The quantitative estimate of drug-likeness (QED) is 0.618. The van der Waals surface area contributed by atoms with Crippen LogP contribution in [-0.4, -0.2) is 40.2 Å². The second-order valence-electron chi connectivity index (χ2n) is 7.21. The lowest BCUT2D eigenvalue weighted by molar-refractivity contribution is -0.274. The summed E-state index contributed by atoms with van der Waals surface area (Å²) < 4.78 is 40.5. The number of aromatic amines is 1. The molecule has 4 rings (SSSR count). The molecule has 1 atom stereocenters. The molecular formula is C22H20F3N3O2. The molecule has 1 unspecified atom stereocenters. The van der Waals surface area contributed by atoms with Crippen LogP contribution in [0, 0.1) is 0 Å². The third kappa shape index (κ3) is 4.82. The molecule has 0 spiro atoms. The maximum atomic E-state index is 12.6. The highest BCUT2D eigenvalue weighted by atomic mass is 19.4. The number of ether oxygens (including phenoxy) is 1. The van der Waals surface area contributed by atoms with Crippen LogP contribution in [-0.2, 0) is 4.79 Å². The van der Waals surface area contributed by atoms with Crippen molar-refractivity contribution < 1.29 is 22.7 Å². The third-order valence-electron chi connectivity index (χ3n) is 5.06. The van der Waals surface area contributed by atoms with E-state index in [0.29, 0.717) is 18.7 Å². The molecule has 30 heavy (non-hydrogen) atoms. The fourth-order valence-electron chi connectivity index (χ4n) is 3.62. The number of para-hydroxylation sites is 2. The minimum atomic E-state index is -4.72. The van der Waals surface area contributed by atoms with E-state index >= 15 is 0 Å². The molecule has 3 aromatic rings. The Morgan fingerprint density at radius 3 is 2.67 bits per heavy atom. The van der Waals surface area contributed by atoms with E-state index in [-0.39, 0.29) is 17.6 Å². The Morgan fingerprint density at radius 1 is 1.17 bits per heavy atom. The summed E-state index contributed by atoms with van der Waals surface area (Å²) in [5.74, 6) is 0.599. The maximum absolute atomic E-state index is 12.6. The fourth-order valence-corrected chi connectivity index (χ4v) is 3.62. The second kappa shape index (κ2) is 8.22. The van der Waals surface area contributed by atoms with Gasteiger partial charge in [0.2, 0.25) is 5.91 Å². The third-order valence-corrected chi connectivity index (χ3v) is 5.06. The summed E-state index contributed by atoms with van der Waals surface area (Å²) in [6, 6.07) is 13.2. The largest absolute Gasteiger partial charge is 0.573 e.